The normalized spacial score (nSPS) is 11.8. The maximum Gasteiger partial charge on any atom is 0.164 e. The van der Waals surface area contributed by atoms with Gasteiger partial charge in [-0.05, 0) is 69.1 Å². The highest BCUT2D eigenvalue weighted by molar-refractivity contribution is 6.16. The Hall–Kier alpha value is -7.11. The molecule has 52 heavy (non-hydrogen) atoms. The molecule has 0 atom stereocenters. The number of aromatic nitrogens is 3. The summed E-state index contributed by atoms with van der Waals surface area (Å²) < 4.78 is 12.6. The zero-order chi connectivity index (χ0) is 34.2. The van der Waals surface area contributed by atoms with Crippen molar-refractivity contribution in [3.63, 3.8) is 0 Å². The van der Waals surface area contributed by atoms with Gasteiger partial charge in [0, 0.05) is 38.2 Å². The smallest absolute Gasteiger partial charge is 0.164 e. The van der Waals surface area contributed by atoms with E-state index in [2.05, 4.69) is 127 Å². The minimum atomic E-state index is 0.594. The van der Waals surface area contributed by atoms with Gasteiger partial charge in [0.15, 0.2) is 17.5 Å². The van der Waals surface area contributed by atoms with Gasteiger partial charge in [-0.25, -0.2) is 15.0 Å². The van der Waals surface area contributed by atoms with Crippen molar-refractivity contribution < 1.29 is 8.83 Å². The highest BCUT2D eigenvalue weighted by Crippen LogP contribution is 2.40. The van der Waals surface area contributed by atoms with Crippen LogP contribution in [-0.2, 0) is 0 Å². The van der Waals surface area contributed by atoms with Gasteiger partial charge in [-0.1, -0.05) is 127 Å². The Morgan fingerprint density at radius 1 is 0.308 bits per heavy atom. The number of nitrogens with zero attached hydrogens (tertiary/aromatic N) is 3. The lowest BCUT2D eigenvalue weighted by molar-refractivity contribution is 0.669. The van der Waals surface area contributed by atoms with Crippen molar-refractivity contribution in [2.24, 2.45) is 0 Å². The minimum Gasteiger partial charge on any atom is -0.456 e. The Bertz CT molecular complexity index is 3190. The standard InChI is InChI=1S/C47H27N3O2/c1-2-10-31-25-34(24-19-28(31)9-1)46-48-45(49-47(50-46)37-15-8-18-41-44(37)36-13-5-6-16-39(36)51-41)30-22-20-29(21-23-30)35-14-7-17-40-43(35)38-26-32-11-3-4-12-33(32)27-42(38)52-40/h1-27H. The van der Waals surface area contributed by atoms with Crippen molar-refractivity contribution in [2.75, 3.05) is 0 Å². The molecule has 242 valence electrons. The predicted octanol–water partition coefficient (Wildman–Crippen LogP) is 12.6. The van der Waals surface area contributed by atoms with E-state index < -0.39 is 0 Å². The molecule has 0 spiro atoms. The number of rotatable bonds is 4. The van der Waals surface area contributed by atoms with Crippen molar-refractivity contribution >= 4 is 65.4 Å². The first-order valence-corrected chi connectivity index (χ1v) is 17.3. The molecule has 0 amide bonds. The lowest BCUT2D eigenvalue weighted by Gasteiger charge is -2.11. The van der Waals surface area contributed by atoms with Crippen molar-refractivity contribution in [1.82, 2.24) is 15.0 Å². The van der Waals surface area contributed by atoms with E-state index in [0.29, 0.717) is 17.5 Å². The molecule has 0 radical (unpaired) electrons. The first kappa shape index (κ1) is 28.7. The van der Waals surface area contributed by atoms with E-state index in [4.69, 9.17) is 23.8 Å². The van der Waals surface area contributed by atoms with E-state index in [-0.39, 0.29) is 0 Å². The third-order valence-corrected chi connectivity index (χ3v) is 10.1. The van der Waals surface area contributed by atoms with Crippen LogP contribution in [0.4, 0.5) is 0 Å². The fraction of sp³-hybridized carbons (Fsp3) is 0. The molecule has 0 N–H and O–H groups in total. The van der Waals surface area contributed by atoms with Crippen LogP contribution >= 0.6 is 0 Å². The summed E-state index contributed by atoms with van der Waals surface area (Å²) in [6, 6.07) is 56.4. The fourth-order valence-corrected chi connectivity index (χ4v) is 7.60. The summed E-state index contributed by atoms with van der Waals surface area (Å²) in [6.45, 7) is 0. The summed E-state index contributed by atoms with van der Waals surface area (Å²) >= 11 is 0. The third kappa shape index (κ3) is 4.53. The van der Waals surface area contributed by atoms with Gasteiger partial charge in [-0.2, -0.15) is 0 Å². The Morgan fingerprint density at radius 2 is 0.846 bits per heavy atom. The summed E-state index contributed by atoms with van der Waals surface area (Å²) in [5.41, 5.74) is 8.31. The largest absolute Gasteiger partial charge is 0.456 e. The topological polar surface area (TPSA) is 65.0 Å². The molecule has 3 aromatic heterocycles. The SMILES string of the molecule is c1ccc2cc(-c3nc(-c4ccc(-c5cccc6oc7cc8ccccc8cc7c56)cc4)nc(-c4cccc5oc6ccccc6c45)n3)ccc2c1. The Morgan fingerprint density at radius 3 is 1.63 bits per heavy atom. The molecule has 5 nitrogen and oxygen atoms in total. The van der Waals surface area contributed by atoms with Gasteiger partial charge in [0.1, 0.15) is 22.3 Å². The maximum absolute atomic E-state index is 6.37. The number of fused-ring (bicyclic) bond motifs is 8. The molecule has 0 saturated carbocycles. The number of para-hydroxylation sites is 1. The molecule has 0 aliphatic heterocycles. The molecule has 0 aliphatic carbocycles. The van der Waals surface area contributed by atoms with Gasteiger partial charge in [0.05, 0.1) is 0 Å². The molecule has 0 saturated heterocycles. The number of furan rings is 2. The van der Waals surface area contributed by atoms with E-state index in [1.165, 1.54) is 10.8 Å². The molecule has 0 fully saturated rings. The third-order valence-electron chi connectivity index (χ3n) is 10.1. The lowest BCUT2D eigenvalue weighted by Crippen LogP contribution is -2.00. The van der Waals surface area contributed by atoms with E-state index in [1.54, 1.807) is 0 Å². The van der Waals surface area contributed by atoms with E-state index in [9.17, 15) is 0 Å². The van der Waals surface area contributed by atoms with Gasteiger partial charge in [0.2, 0.25) is 0 Å². The summed E-state index contributed by atoms with van der Waals surface area (Å²) in [7, 11) is 0. The molecule has 5 heteroatoms. The first-order chi connectivity index (χ1) is 25.7. The van der Waals surface area contributed by atoms with Crippen LogP contribution in [0.25, 0.3) is 111 Å². The van der Waals surface area contributed by atoms with Gasteiger partial charge < -0.3 is 8.83 Å². The first-order valence-electron chi connectivity index (χ1n) is 17.3. The summed E-state index contributed by atoms with van der Waals surface area (Å²) in [4.78, 5) is 15.3. The van der Waals surface area contributed by atoms with Gasteiger partial charge in [0.25, 0.3) is 0 Å². The van der Waals surface area contributed by atoms with Crippen LogP contribution < -0.4 is 0 Å². The Labute approximate surface area is 297 Å². The van der Waals surface area contributed by atoms with Crippen LogP contribution in [-0.4, -0.2) is 15.0 Å². The molecular weight excluding hydrogens is 639 g/mol. The van der Waals surface area contributed by atoms with Gasteiger partial charge in [-0.15, -0.1) is 0 Å². The Kier molecular flexibility index (Phi) is 6.18. The van der Waals surface area contributed by atoms with Crippen LogP contribution in [0.5, 0.6) is 0 Å². The summed E-state index contributed by atoms with van der Waals surface area (Å²) in [5, 5.41) is 8.88. The Balaban J connectivity index is 1.08. The van der Waals surface area contributed by atoms with Crippen molar-refractivity contribution in [3.05, 3.63) is 164 Å². The zero-order valence-electron chi connectivity index (χ0n) is 27.7. The van der Waals surface area contributed by atoms with Crippen LogP contribution in [0.3, 0.4) is 0 Å². The van der Waals surface area contributed by atoms with E-state index in [0.717, 1.165) is 82.5 Å². The van der Waals surface area contributed by atoms with Crippen molar-refractivity contribution in [3.8, 4) is 45.3 Å². The predicted molar refractivity (Wildman–Crippen MR) is 211 cm³/mol. The fourth-order valence-electron chi connectivity index (χ4n) is 7.60. The highest BCUT2D eigenvalue weighted by atomic mass is 16.3. The molecule has 11 aromatic rings. The molecule has 8 aromatic carbocycles. The van der Waals surface area contributed by atoms with Gasteiger partial charge in [-0.3, -0.25) is 0 Å². The van der Waals surface area contributed by atoms with Crippen LogP contribution in [0.15, 0.2) is 173 Å². The number of benzene rings is 8. The zero-order valence-corrected chi connectivity index (χ0v) is 27.7. The molecular formula is C47H27N3O2. The number of hydrogen-bond acceptors (Lipinski definition) is 5. The lowest BCUT2D eigenvalue weighted by atomic mass is 9.97. The second kappa shape index (κ2) is 11.2. The number of hydrogen-bond donors (Lipinski definition) is 0. The van der Waals surface area contributed by atoms with Crippen LogP contribution in [0.2, 0.25) is 0 Å². The highest BCUT2D eigenvalue weighted by Gasteiger charge is 2.19. The molecule has 0 unspecified atom stereocenters. The second-order valence-corrected chi connectivity index (χ2v) is 13.2. The average molecular weight is 666 g/mol. The summed E-state index contributed by atoms with van der Waals surface area (Å²) in [6.07, 6.45) is 0. The monoisotopic (exact) mass is 665 g/mol. The van der Waals surface area contributed by atoms with Gasteiger partial charge >= 0.3 is 0 Å². The van der Waals surface area contributed by atoms with Crippen LogP contribution in [0, 0.1) is 0 Å². The quantitative estimate of drug-likeness (QED) is 0.187. The van der Waals surface area contributed by atoms with Crippen molar-refractivity contribution in [1.29, 1.82) is 0 Å². The average Bonchev–Trinajstić information content (AvgIpc) is 3.77. The molecule has 3 heterocycles. The van der Waals surface area contributed by atoms with E-state index >= 15 is 0 Å². The molecule has 0 aliphatic rings. The molecule has 11 rings (SSSR count). The maximum atomic E-state index is 6.37. The second-order valence-electron chi connectivity index (χ2n) is 13.2. The molecule has 0 bridgehead atoms. The minimum absolute atomic E-state index is 0.594. The van der Waals surface area contributed by atoms with E-state index in [1.807, 2.05) is 36.4 Å². The van der Waals surface area contributed by atoms with Crippen molar-refractivity contribution in [2.45, 2.75) is 0 Å². The summed E-state index contributed by atoms with van der Waals surface area (Å²) in [5.74, 6) is 1.81. The van der Waals surface area contributed by atoms with Crippen LogP contribution in [0.1, 0.15) is 0 Å².